The van der Waals surface area contributed by atoms with Crippen molar-refractivity contribution in [2.45, 2.75) is 50.9 Å². The third-order valence-electron chi connectivity index (χ3n) is 7.24. The van der Waals surface area contributed by atoms with Gasteiger partial charge in [-0.2, -0.15) is 0 Å². The van der Waals surface area contributed by atoms with Gasteiger partial charge < -0.3 is 10.5 Å². The van der Waals surface area contributed by atoms with Crippen molar-refractivity contribution >= 4 is 5.91 Å². The van der Waals surface area contributed by atoms with Gasteiger partial charge in [0.25, 0.3) is 5.91 Å². The molecule has 4 bridgehead atoms. The molecule has 0 unspecified atom stereocenters. The monoisotopic (exact) mass is 343 g/mol. The van der Waals surface area contributed by atoms with Gasteiger partial charge in [0.1, 0.15) is 11.6 Å². The summed E-state index contributed by atoms with van der Waals surface area (Å²) in [4.78, 5) is 11.4. The number of benzene rings is 1. The van der Waals surface area contributed by atoms with E-state index in [2.05, 4.69) is 0 Å². The van der Waals surface area contributed by atoms with Crippen molar-refractivity contribution in [3.63, 3.8) is 0 Å². The molecule has 1 aromatic carbocycles. The minimum absolute atomic E-state index is 0.0103. The molecule has 5 aliphatic carbocycles. The number of primary amides is 1. The van der Waals surface area contributed by atoms with Crippen LogP contribution in [0.5, 0.6) is 5.75 Å². The molecule has 5 saturated carbocycles. The third kappa shape index (κ3) is 2.74. The first-order valence-electron chi connectivity index (χ1n) is 9.84. The third-order valence-corrected chi connectivity index (χ3v) is 7.24. The summed E-state index contributed by atoms with van der Waals surface area (Å²) in [5.74, 6) is 3.90. The lowest BCUT2D eigenvalue weighted by molar-refractivity contribution is -0.0530. The van der Waals surface area contributed by atoms with Gasteiger partial charge in [0.05, 0.1) is 12.2 Å². The Morgan fingerprint density at radius 3 is 2.28 bits per heavy atom. The van der Waals surface area contributed by atoms with Gasteiger partial charge in [0.2, 0.25) is 0 Å². The van der Waals surface area contributed by atoms with Crippen molar-refractivity contribution in [2.75, 3.05) is 6.61 Å². The van der Waals surface area contributed by atoms with Crippen molar-refractivity contribution in [3.05, 3.63) is 29.1 Å². The number of amides is 1. The summed E-state index contributed by atoms with van der Waals surface area (Å²) in [7, 11) is 0. The van der Waals surface area contributed by atoms with E-state index >= 15 is 0 Å². The quantitative estimate of drug-likeness (QED) is 0.869. The van der Waals surface area contributed by atoms with Gasteiger partial charge in [-0.15, -0.1) is 0 Å². The predicted molar refractivity (Wildman–Crippen MR) is 92.9 cm³/mol. The van der Waals surface area contributed by atoms with Crippen molar-refractivity contribution in [1.82, 2.24) is 0 Å². The zero-order chi connectivity index (χ0) is 17.1. The number of carbonyl (C=O) groups is 1. The number of hydrogen-bond donors (Lipinski definition) is 1. The minimum atomic E-state index is -0.702. The van der Waals surface area contributed by atoms with Gasteiger partial charge in [0, 0.05) is 6.07 Å². The summed E-state index contributed by atoms with van der Waals surface area (Å²) in [5, 5.41) is 0. The van der Waals surface area contributed by atoms with Gasteiger partial charge in [0.15, 0.2) is 0 Å². The summed E-state index contributed by atoms with van der Waals surface area (Å²) in [6.07, 6.45) is 9.08. The first-order chi connectivity index (χ1) is 12.1. The van der Waals surface area contributed by atoms with E-state index in [4.69, 9.17) is 10.5 Å². The van der Waals surface area contributed by atoms with Crippen LogP contribution in [0.3, 0.4) is 0 Å². The highest BCUT2D eigenvalue weighted by Crippen LogP contribution is 2.56. The fourth-order valence-electron chi connectivity index (χ4n) is 6.10. The molecule has 6 rings (SSSR count). The van der Waals surface area contributed by atoms with Gasteiger partial charge in [-0.3, -0.25) is 4.79 Å². The number of carbonyl (C=O) groups excluding carboxylic acids is 1. The average molecular weight is 343 g/mol. The number of ether oxygens (including phenoxy) is 1. The maximum Gasteiger partial charge on any atom is 0.251 e. The summed E-state index contributed by atoms with van der Waals surface area (Å²) >= 11 is 0. The molecule has 0 heterocycles. The first kappa shape index (κ1) is 15.7. The molecule has 1 aromatic rings. The molecule has 0 aromatic heterocycles. The molecule has 0 saturated heterocycles. The molecule has 0 radical (unpaired) electrons. The molecule has 2 N–H and O–H groups in total. The van der Waals surface area contributed by atoms with Crippen LogP contribution in [0.1, 0.15) is 66.8 Å². The Morgan fingerprint density at radius 1 is 1.08 bits per heavy atom. The largest absolute Gasteiger partial charge is 0.493 e. The molecular weight excluding hydrogens is 317 g/mol. The summed E-state index contributed by atoms with van der Waals surface area (Å²) in [6.45, 7) is 0.698. The van der Waals surface area contributed by atoms with Crippen LogP contribution in [0, 0.1) is 35.4 Å². The van der Waals surface area contributed by atoms with Gasteiger partial charge in [-0.1, -0.05) is 0 Å². The molecule has 5 aliphatic rings. The Bertz CT molecular complexity index is 684. The molecule has 1 amide bonds. The molecule has 0 aliphatic heterocycles. The second kappa shape index (κ2) is 5.72. The predicted octanol–water partition coefficient (Wildman–Crippen LogP) is 4.25. The molecule has 25 heavy (non-hydrogen) atoms. The summed E-state index contributed by atoms with van der Waals surface area (Å²) < 4.78 is 20.4. The zero-order valence-corrected chi connectivity index (χ0v) is 14.5. The lowest BCUT2D eigenvalue weighted by Gasteiger charge is -2.54. The lowest BCUT2D eigenvalue weighted by atomic mass is 9.52. The van der Waals surface area contributed by atoms with Gasteiger partial charge in [-0.25, -0.2) is 4.39 Å². The maximum absolute atomic E-state index is 14.2. The van der Waals surface area contributed by atoms with E-state index in [1.807, 2.05) is 0 Å². The Balaban J connectivity index is 1.36. The van der Waals surface area contributed by atoms with Crippen LogP contribution in [0.25, 0.3) is 0 Å². The van der Waals surface area contributed by atoms with E-state index in [0.29, 0.717) is 24.2 Å². The number of halogens is 1. The van der Waals surface area contributed by atoms with Crippen LogP contribution in [0.4, 0.5) is 4.39 Å². The normalized spacial score (nSPS) is 35.8. The van der Waals surface area contributed by atoms with Crippen LogP contribution >= 0.6 is 0 Å². The highest BCUT2D eigenvalue weighted by molar-refractivity contribution is 5.93. The highest BCUT2D eigenvalue weighted by atomic mass is 19.1. The van der Waals surface area contributed by atoms with Crippen LogP contribution in [-0.4, -0.2) is 12.5 Å². The van der Waals surface area contributed by atoms with Crippen molar-refractivity contribution in [1.29, 1.82) is 0 Å². The van der Waals surface area contributed by atoms with Crippen molar-refractivity contribution in [3.8, 4) is 5.75 Å². The summed E-state index contributed by atoms with van der Waals surface area (Å²) in [6, 6.07) is 3.02. The van der Waals surface area contributed by atoms with Gasteiger partial charge >= 0.3 is 0 Å². The van der Waals surface area contributed by atoms with Crippen molar-refractivity contribution in [2.24, 2.45) is 35.3 Å². The Morgan fingerprint density at radius 2 is 1.72 bits per heavy atom. The van der Waals surface area contributed by atoms with Crippen LogP contribution < -0.4 is 10.5 Å². The van der Waals surface area contributed by atoms with Crippen LogP contribution in [0.2, 0.25) is 0 Å². The maximum atomic E-state index is 14.2. The Kier molecular flexibility index (Phi) is 3.58. The Hall–Kier alpha value is -1.58. The van der Waals surface area contributed by atoms with Gasteiger partial charge in [-0.05, 0) is 92.1 Å². The molecule has 134 valence electrons. The SMILES string of the molecule is NC(=O)c1cc(C2CC2)c(OCC2C3CC4CC(C3)CC2C4)cc1F. The number of nitrogens with two attached hydrogens (primary N) is 1. The second-order valence-corrected chi connectivity index (χ2v) is 8.91. The standard InChI is InChI=1S/C21H26FNO2/c22-19-9-20(16(13-1-2-13)8-17(19)21(23)24)25-10-18-14-4-11-3-12(6-14)7-15(18)5-11/h8-9,11-15,18H,1-7,10H2,(H2,23,24). The van der Waals surface area contributed by atoms with Crippen LogP contribution in [-0.2, 0) is 0 Å². The highest BCUT2D eigenvalue weighted by Gasteiger charge is 2.48. The molecule has 0 atom stereocenters. The number of rotatable bonds is 5. The second-order valence-electron chi connectivity index (χ2n) is 8.91. The minimum Gasteiger partial charge on any atom is -0.493 e. The van der Waals surface area contributed by atoms with E-state index in [1.54, 1.807) is 6.07 Å². The first-order valence-corrected chi connectivity index (χ1v) is 9.84. The molecular formula is C21H26FNO2. The lowest BCUT2D eigenvalue weighted by Crippen LogP contribution is -2.47. The van der Waals surface area contributed by atoms with E-state index in [1.165, 1.54) is 38.2 Å². The van der Waals surface area contributed by atoms with Crippen molar-refractivity contribution < 1.29 is 13.9 Å². The van der Waals surface area contributed by atoms with Crippen LogP contribution in [0.15, 0.2) is 12.1 Å². The van der Waals surface area contributed by atoms with E-state index in [-0.39, 0.29) is 5.56 Å². The summed E-state index contributed by atoms with van der Waals surface area (Å²) in [5.41, 5.74) is 6.27. The fourth-order valence-corrected chi connectivity index (χ4v) is 6.10. The topological polar surface area (TPSA) is 52.3 Å². The smallest absolute Gasteiger partial charge is 0.251 e. The van der Waals surface area contributed by atoms with E-state index in [9.17, 15) is 9.18 Å². The Labute approximate surface area is 148 Å². The number of hydrogen-bond acceptors (Lipinski definition) is 2. The molecule has 4 heteroatoms. The molecule has 3 nitrogen and oxygen atoms in total. The van der Waals surface area contributed by atoms with E-state index < -0.39 is 11.7 Å². The fraction of sp³-hybridized carbons (Fsp3) is 0.667. The zero-order valence-electron chi connectivity index (χ0n) is 14.5. The van der Waals surface area contributed by atoms with E-state index in [0.717, 1.165) is 42.1 Å². The molecule has 0 spiro atoms. The molecule has 5 fully saturated rings. The average Bonchev–Trinajstić information content (AvgIpc) is 3.38.